The van der Waals surface area contributed by atoms with Gasteiger partial charge in [0.05, 0.1) is 11.3 Å². The Morgan fingerprint density at radius 1 is 1.10 bits per heavy atom. The number of amides is 2. The molecule has 0 atom stereocenters. The van der Waals surface area contributed by atoms with Crippen LogP contribution in [0.1, 0.15) is 27.2 Å². The second kappa shape index (κ2) is 9.30. The number of nitrogens with zero attached hydrogens (tertiary/aromatic N) is 2. The molecule has 9 heteroatoms. The lowest BCUT2D eigenvalue weighted by molar-refractivity contribution is -0.121. The Bertz CT molecular complexity index is 1120. The van der Waals surface area contributed by atoms with Crippen LogP contribution >= 0.6 is 11.8 Å². The number of aromatic nitrogens is 2. The van der Waals surface area contributed by atoms with E-state index in [4.69, 9.17) is 0 Å². The number of thioether (sulfide) groups is 1. The molecular weight excluding hydrogens is 422 g/mol. The van der Waals surface area contributed by atoms with Crippen molar-refractivity contribution < 1.29 is 18.4 Å². The molecule has 0 bridgehead atoms. The van der Waals surface area contributed by atoms with Crippen LogP contribution in [0.5, 0.6) is 0 Å². The minimum absolute atomic E-state index is 0.0754. The number of fused-ring (bicyclic) bond motifs is 1. The summed E-state index contributed by atoms with van der Waals surface area (Å²) in [7, 11) is 0. The summed E-state index contributed by atoms with van der Waals surface area (Å²) in [6, 6.07) is 12.6. The number of anilines is 1. The van der Waals surface area contributed by atoms with E-state index in [9.17, 15) is 18.4 Å². The van der Waals surface area contributed by atoms with Crippen LogP contribution in [0.25, 0.3) is 0 Å². The van der Waals surface area contributed by atoms with Crippen LogP contribution in [0.2, 0.25) is 0 Å². The molecule has 31 heavy (non-hydrogen) atoms. The lowest BCUT2D eigenvalue weighted by Gasteiger charge is -2.12. The van der Waals surface area contributed by atoms with Gasteiger partial charge in [0, 0.05) is 29.7 Å². The summed E-state index contributed by atoms with van der Waals surface area (Å²) in [5.74, 6) is -1.00. The molecule has 2 N–H and O–H groups in total. The Labute approximate surface area is 182 Å². The number of hydrogen-bond donors (Lipinski definition) is 2. The molecule has 0 fully saturated rings. The third kappa shape index (κ3) is 4.93. The van der Waals surface area contributed by atoms with Crippen molar-refractivity contribution in [2.45, 2.75) is 24.5 Å². The first-order chi connectivity index (χ1) is 15.0. The van der Waals surface area contributed by atoms with Gasteiger partial charge in [0.2, 0.25) is 5.91 Å². The molecule has 2 aromatic carbocycles. The van der Waals surface area contributed by atoms with E-state index in [0.29, 0.717) is 36.4 Å². The van der Waals surface area contributed by atoms with Crippen LogP contribution in [-0.4, -0.2) is 28.1 Å². The molecule has 0 unspecified atom stereocenters. The SMILES string of the molecule is O=C(Cn1nc2c(c1NC(=O)c1ccc(F)cc1F)CSC2)NCCc1ccccc1. The second-order valence-electron chi connectivity index (χ2n) is 7.09. The van der Waals surface area contributed by atoms with E-state index in [1.165, 1.54) is 4.68 Å². The first-order valence-electron chi connectivity index (χ1n) is 9.74. The van der Waals surface area contributed by atoms with Gasteiger partial charge in [-0.1, -0.05) is 30.3 Å². The van der Waals surface area contributed by atoms with E-state index in [1.807, 2.05) is 30.3 Å². The summed E-state index contributed by atoms with van der Waals surface area (Å²) in [4.78, 5) is 25.0. The molecule has 0 aliphatic carbocycles. The average Bonchev–Trinajstić information content (AvgIpc) is 3.31. The zero-order chi connectivity index (χ0) is 21.8. The van der Waals surface area contributed by atoms with Crippen molar-refractivity contribution in [3.63, 3.8) is 0 Å². The number of rotatable bonds is 7. The van der Waals surface area contributed by atoms with Gasteiger partial charge in [0.15, 0.2) is 0 Å². The van der Waals surface area contributed by atoms with Gasteiger partial charge >= 0.3 is 0 Å². The minimum atomic E-state index is -0.951. The number of nitrogens with one attached hydrogen (secondary N) is 2. The predicted octanol–water partition coefficient (Wildman–Crippen LogP) is 3.52. The second-order valence-corrected chi connectivity index (χ2v) is 8.07. The van der Waals surface area contributed by atoms with Crippen molar-refractivity contribution in [2.75, 3.05) is 11.9 Å². The monoisotopic (exact) mass is 442 g/mol. The molecule has 0 radical (unpaired) electrons. The van der Waals surface area contributed by atoms with Gasteiger partial charge in [-0.15, -0.1) is 0 Å². The van der Waals surface area contributed by atoms with E-state index >= 15 is 0 Å². The van der Waals surface area contributed by atoms with Crippen LogP contribution in [-0.2, 0) is 29.3 Å². The molecule has 0 spiro atoms. The maximum absolute atomic E-state index is 14.0. The molecule has 2 heterocycles. The van der Waals surface area contributed by atoms with E-state index < -0.39 is 17.5 Å². The van der Waals surface area contributed by atoms with Crippen molar-refractivity contribution in [1.29, 1.82) is 0 Å². The highest BCUT2D eigenvalue weighted by Gasteiger charge is 2.26. The summed E-state index contributed by atoms with van der Waals surface area (Å²) in [5.41, 5.74) is 2.45. The lowest BCUT2D eigenvalue weighted by Crippen LogP contribution is -2.30. The number of benzene rings is 2. The molecule has 2 amide bonds. The summed E-state index contributed by atoms with van der Waals surface area (Å²) in [6.45, 7) is 0.399. The Morgan fingerprint density at radius 2 is 1.90 bits per heavy atom. The summed E-state index contributed by atoms with van der Waals surface area (Å²) in [6.07, 6.45) is 0.701. The quantitative estimate of drug-likeness (QED) is 0.587. The summed E-state index contributed by atoms with van der Waals surface area (Å²) < 4.78 is 28.6. The highest BCUT2D eigenvalue weighted by molar-refractivity contribution is 7.98. The minimum Gasteiger partial charge on any atom is -0.354 e. The highest BCUT2D eigenvalue weighted by atomic mass is 32.2. The normalized spacial score (nSPS) is 12.5. The Balaban J connectivity index is 1.45. The van der Waals surface area contributed by atoms with Crippen LogP contribution in [0.15, 0.2) is 48.5 Å². The fraction of sp³-hybridized carbons (Fsp3) is 0.227. The molecule has 4 rings (SSSR count). The van der Waals surface area contributed by atoms with E-state index in [1.54, 1.807) is 11.8 Å². The molecule has 0 saturated heterocycles. The van der Waals surface area contributed by atoms with Gasteiger partial charge in [-0.2, -0.15) is 16.9 Å². The van der Waals surface area contributed by atoms with Crippen molar-refractivity contribution in [1.82, 2.24) is 15.1 Å². The topological polar surface area (TPSA) is 76.0 Å². The molecule has 6 nitrogen and oxygen atoms in total. The van der Waals surface area contributed by atoms with Crippen molar-refractivity contribution in [3.8, 4) is 0 Å². The van der Waals surface area contributed by atoms with Gasteiger partial charge in [0.25, 0.3) is 5.91 Å². The Kier molecular flexibility index (Phi) is 6.31. The van der Waals surface area contributed by atoms with Crippen LogP contribution in [0, 0.1) is 11.6 Å². The lowest BCUT2D eigenvalue weighted by atomic mass is 10.1. The number of carbonyl (C=O) groups is 2. The first-order valence-corrected chi connectivity index (χ1v) is 10.9. The molecule has 1 aromatic heterocycles. The van der Waals surface area contributed by atoms with Crippen LogP contribution in [0.4, 0.5) is 14.6 Å². The Hall–Kier alpha value is -3.20. The molecule has 0 saturated carbocycles. The maximum atomic E-state index is 14.0. The molecular formula is C22H20F2N4O2S. The number of halogens is 2. The van der Waals surface area contributed by atoms with Crippen molar-refractivity contribution in [2.24, 2.45) is 0 Å². The fourth-order valence-corrected chi connectivity index (χ4v) is 4.39. The van der Waals surface area contributed by atoms with Gasteiger partial charge in [0.1, 0.15) is 24.0 Å². The standard InChI is InChI=1S/C22H20F2N4O2S/c23-15-6-7-16(18(24)10-15)22(30)26-21-17-12-31-13-19(17)27-28(21)11-20(29)25-9-8-14-4-2-1-3-5-14/h1-7,10H,8-9,11-13H2,(H,25,29)(H,26,30). The van der Waals surface area contributed by atoms with Crippen molar-refractivity contribution in [3.05, 3.63) is 82.5 Å². The zero-order valence-electron chi connectivity index (χ0n) is 16.5. The Morgan fingerprint density at radius 3 is 2.68 bits per heavy atom. The van der Waals surface area contributed by atoms with Gasteiger partial charge < -0.3 is 10.6 Å². The van der Waals surface area contributed by atoms with Crippen LogP contribution < -0.4 is 10.6 Å². The smallest absolute Gasteiger partial charge is 0.259 e. The van der Waals surface area contributed by atoms with Crippen molar-refractivity contribution >= 4 is 29.4 Å². The van der Waals surface area contributed by atoms with Gasteiger partial charge in [-0.25, -0.2) is 13.5 Å². The highest BCUT2D eigenvalue weighted by Crippen LogP contribution is 2.35. The predicted molar refractivity (Wildman–Crippen MR) is 115 cm³/mol. The number of hydrogen-bond acceptors (Lipinski definition) is 4. The summed E-state index contributed by atoms with van der Waals surface area (Å²) in [5, 5.41) is 9.96. The largest absolute Gasteiger partial charge is 0.354 e. The van der Waals surface area contributed by atoms with Gasteiger partial charge in [-0.3, -0.25) is 9.59 Å². The zero-order valence-corrected chi connectivity index (χ0v) is 17.3. The molecule has 3 aromatic rings. The number of carbonyl (C=O) groups excluding carboxylic acids is 2. The average molecular weight is 442 g/mol. The molecule has 160 valence electrons. The van der Waals surface area contributed by atoms with E-state index in [2.05, 4.69) is 15.7 Å². The summed E-state index contributed by atoms with van der Waals surface area (Å²) >= 11 is 1.64. The fourth-order valence-electron chi connectivity index (χ4n) is 3.35. The van der Waals surface area contributed by atoms with E-state index in [0.717, 1.165) is 29.0 Å². The van der Waals surface area contributed by atoms with Gasteiger partial charge in [-0.05, 0) is 24.1 Å². The molecule has 1 aliphatic rings. The first kappa shape index (κ1) is 21.0. The van der Waals surface area contributed by atoms with E-state index in [-0.39, 0.29) is 18.0 Å². The maximum Gasteiger partial charge on any atom is 0.259 e. The molecule has 1 aliphatic heterocycles. The third-order valence-corrected chi connectivity index (χ3v) is 5.87. The third-order valence-electron chi connectivity index (χ3n) is 4.90. The van der Waals surface area contributed by atoms with Crippen LogP contribution in [0.3, 0.4) is 0 Å².